The number of carbonyl (C=O) groups is 2. The molecule has 0 spiro atoms. The van der Waals surface area contributed by atoms with Crippen molar-refractivity contribution in [3.63, 3.8) is 0 Å². The highest BCUT2D eigenvalue weighted by molar-refractivity contribution is 6.32. The predicted octanol–water partition coefficient (Wildman–Crippen LogP) is 5.27. The lowest BCUT2D eigenvalue weighted by Crippen LogP contribution is -2.54. The maximum absolute atomic E-state index is 13.3. The molecule has 1 aliphatic heterocycles. The van der Waals surface area contributed by atoms with Crippen molar-refractivity contribution in [1.82, 2.24) is 5.32 Å². The average Bonchev–Trinajstić information content (AvgIpc) is 3.35. The Kier molecular flexibility index (Phi) is 8.67. The van der Waals surface area contributed by atoms with Gasteiger partial charge in [0.1, 0.15) is 5.54 Å². The normalized spacial score (nSPS) is 14.9. The summed E-state index contributed by atoms with van der Waals surface area (Å²) in [6, 6.07) is 10.9. The number of methoxy groups -OCH3 is 1. The van der Waals surface area contributed by atoms with Crippen LogP contribution in [0.4, 0.5) is 11.4 Å². The number of ether oxygens (including phenoxy) is 2. The van der Waals surface area contributed by atoms with Crippen molar-refractivity contribution >= 4 is 34.8 Å². The molecule has 0 radical (unpaired) electrons. The van der Waals surface area contributed by atoms with Crippen LogP contribution in [0.1, 0.15) is 56.8 Å². The summed E-state index contributed by atoms with van der Waals surface area (Å²) in [5.74, 6) is 0.0560. The number of amides is 2. The molecule has 34 heavy (non-hydrogen) atoms. The molecule has 7 nitrogen and oxygen atoms in total. The minimum atomic E-state index is -1.12. The fourth-order valence-electron chi connectivity index (χ4n) is 4.22. The van der Waals surface area contributed by atoms with Crippen LogP contribution in [0.15, 0.2) is 36.4 Å². The summed E-state index contributed by atoms with van der Waals surface area (Å²) in [6.07, 6.45) is 3.54. The van der Waals surface area contributed by atoms with Crippen molar-refractivity contribution in [1.29, 1.82) is 0 Å². The van der Waals surface area contributed by atoms with Crippen LogP contribution in [-0.2, 0) is 4.79 Å². The van der Waals surface area contributed by atoms with Gasteiger partial charge in [0, 0.05) is 30.0 Å². The van der Waals surface area contributed by atoms with E-state index in [9.17, 15) is 9.59 Å². The number of carbonyl (C=O) groups excluding carboxylic acids is 2. The van der Waals surface area contributed by atoms with Crippen LogP contribution in [0.25, 0.3) is 0 Å². The molecule has 2 aromatic rings. The van der Waals surface area contributed by atoms with E-state index in [2.05, 4.69) is 21.6 Å². The summed E-state index contributed by atoms with van der Waals surface area (Å²) in [6.45, 7) is 8.01. The van der Waals surface area contributed by atoms with E-state index >= 15 is 0 Å². The van der Waals surface area contributed by atoms with Gasteiger partial charge >= 0.3 is 0 Å². The number of hydrogen-bond acceptors (Lipinski definition) is 5. The van der Waals surface area contributed by atoms with Gasteiger partial charge in [-0.15, -0.1) is 0 Å². The second-order valence-corrected chi connectivity index (χ2v) is 9.06. The van der Waals surface area contributed by atoms with Gasteiger partial charge in [-0.3, -0.25) is 9.59 Å². The minimum Gasteiger partial charge on any atom is -0.493 e. The van der Waals surface area contributed by atoms with Gasteiger partial charge in [-0.25, -0.2) is 0 Å². The standard InChI is InChI=1S/C26H34ClN3O4/c1-5-12-26(3,25(32)28-19-10-9-11-20(17-19)30-13-7-8-14-30)29-24(31)18-15-21(27)23(34-6-2)22(16-18)33-4/h9-11,15-17H,5-8,12-14H2,1-4H3,(H,28,32)(H,29,31). The largest absolute Gasteiger partial charge is 0.493 e. The molecule has 0 saturated carbocycles. The average molecular weight is 488 g/mol. The van der Waals surface area contributed by atoms with Crippen LogP contribution in [0.2, 0.25) is 5.02 Å². The van der Waals surface area contributed by atoms with Crippen molar-refractivity contribution in [2.45, 2.75) is 52.0 Å². The Morgan fingerprint density at radius 3 is 2.53 bits per heavy atom. The van der Waals surface area contributed by atoms with E-state index in [-0.39, 0.29) is 16.5 Å². The van der Waals surface area contributed by atoms with Crippen LogP contribution >= 0.6 is 11.6 Å². The predicted molar refractivity (Wildman–Crippen MR) is 136 cm³/mol. The van der Waals surface area contributed by atoms with Gasteiger partial charge in [-0.05, 0) is 63.4 Å². The van der Waals surface area contributed by atoms with E-state index in [0.717, 1.165) is 18.8 Å². The van der Waals surface area contributed by atoms with Crippen molar-refractivity contribution in [2.24, 2.45) is 0 Å². The molecule has 184 valence electrons. The first-order valence-corrected chi connectivity index (χ1v) is 12.2. The Bertz CT molecular complexity index is 1020. The third-order valence-electron chi connectivity index (χ3n) is 6.00. The molecule has 0 aromatic heterocycles. The number of anilines is 2. The fraction of sp³-hybridized carbons (Fsp3) is 0.462. The topological polar surface area (TPSA) is 79.9 Å². The van der Waals surface area contributed by atoms with E-state index in [1.165, 1.54) is 26.0 Å². The summed E-state index contributed by atoms with van der Waals surface area (Å²) in [5.41, 5.74) is 0.967. The molecule has 1 saturated heterocycles. The number of benzene rings is 2. The maximum Gasteiger partial charge on any atom is 0.252 e. The van der Waals surface area contributed by atoms with Crippen molar-refractivity contribution in [3.05, 3.63) is 47.0 Å². The van der Waals surface area contributed by atoms with Gasteiger partial charge in [0.2, 0.25) is 5.91 Å². The summed E-state index contributed by atoms with van der Waals surface area (Å²) in [4.78, 5) is 28.8. The molecule has 2 amide bonds. The van der Waals surface area contributed by atoms with Gasteiger partial charge in [0.25, 0.3) is 5.91 Å². The van der Waals surface area contributed by atoms with E-state index in [0.29, 0.717) is 36.6 Å². The molecule has 1 heterocycles. The smallest absolute Gasteiger partial charge is 0.252 e. The highest BCUT2D eigenvalue weighted by Crippen LogP contribution is 2.36. The summed E-state index contributed by atoms with van der Waals surface area (Å²) in [7, 11) is 1.49. The third kappa shape index (κ3) is 5.95. The van der Waals surface area contributed by atoms with Crippen LogP contribution in [0.5, 0.6) is 11.5 Å². The van der Waals surface area contributed by atoms with Crippen LogP contribution in [0.3, 0.4) is 0 Å². The molecular weight excluding hydrogens is 454 g/mol. The molecule has 3 rings (SSSR count). The molecule has 0 aliphatic carbocycles. The Hall–Kier alpha value is -2.93. The minimum absolute atomic E-state index is 0.270. The zero-order chi connectivity index (χ0) is 24.7. The number of hydrogen-bond donors (Lipinski definition) is 2. The first-order chi connectivity index (χ1) is 16.3. The number of rotatable bonds is 10. The van der Waals surface area contributed by atoms with Gasteiger partial charge in [0.05, 0.1) is 18.7 Å². The second kappa shape index (κ2) is 11.5. The van der Waals surface area contributed by atoms with Crippen molar-refractivity contribution < 1.29 is 19.1 Å². The van der Waals surface area contributed by atoms with Gasteiger partial charge in [-0.2, -0.15) is 0 Å². The molecule has 1 fully saturated rings. The van der Waals surface area contributed by atoms with E-state index in [4.69, 9.17) is 21.1 Å². The molecule has 0 bridgehead atoms. The van der Waals surface area contributed by atoms with Gasteiger partial charge in [0.15, 0.2) is 11.5 Å². The highest BCUT2D eigenvalue weighted by atomic mass is 35.5. The zero-order valence-electron chi connectivity index (χ0n) is 20.4. The monoisotopic (exact) mass is 487 g/mol. The Balaban J connectivity index is 1.79. The molecule has 2 N–H and O–H groups in total. The van der Waals surface area contributed by atoms with Crippen LogP contribution in [-0.4, -0.2) is 44.2 Å². The summed E-state index contributed by atoms with van der Waals surface area (Å²) >= 11 is 6.34. The summed E-state index contributed by atoms with van der Waals surface area (Å²) in [5, 5.41) is 6.18. The van der Waals surface area contributed by atoms with Crippen LogP contribution < -0.4 is 25.0 Å². The first-order valence-electron chi connectivity index (χ1n) is 11.8. The first kappa shape index (κ1) is 25.7. The number of halogens is 1. The Morgan fingerprint density at radius 2 is 1.88 bits per heavy atom. The van der Waals surface area contributed by atoms with E-state index < -0.39 is 11.4 Å². The quantitative estimate of drug-likeness (QED) is 0.477. The fourth-order valence-corrected chi connectivity index (χ4v) is 4.48. The highest BCUT2D eigenvalue weighted by Gasteiger charge is 2.35. The molecule has 1 atom stereocenters. The molecule has 2 aromatic carbocycles. The number of nitrogens with zero attached hydrogens (tertiary/aromatic N) is 1. The molecule has 1 unspecified atom stereocenters. The van der Waals surface area contributed by atoms with Crippen LogP contribution in [0, 0.1) is 0 Å². The lowest BCUT2D eigenvalue weighted by atomic mass is 9.94. The third-order valence-corrected chi connectivity index (χ3v) is 6.28. The number of nitrogens with one attached hydrogen (secondary N) is 2. The SMILES string of the molecule is CCCC(C)(NC(=O)c1cc(Cl)c(OCC)c(OC)c1)C(=O)Nc1cccc(N2CCCC2)c1. The van der Waals surface area contributed by atoms with Crippen molar-refractivity contribution in [3.8, 4) is 11.5 Å². The van der Waals surface area contributed by atoms with Gasteiger partial charge < -0.3 is 25.0 Å². The summed E-state index contributed by atoms with van der Waals surface area (Å²) < 4.78 is 10.9. The Morgan fingerprint density at radius 1 is 1.15 bits per heavy atom. The lowest BCUT2D eigenvalue weighted by Gasteiger charge is -2.30. The van der Waals surface area contributed by atoms with E-state index in [1.54, 1.807) is 13.0 Å². The lowest BCUT2D eigenvalue weighted by molar-refractivity contribution is -0.121. The van der Waals surface area contributed by atoms with E-state index in [1.807, 2.05) is 32.0 Å². The molecule has 1 aliphatic rings. The Labute approximate surface area is 206 Å². The van der Waals surface area contributed by atoms with Crippen molar-refractivity contribution in [2.75, 3.05) is 37.0 Å². The maximum atomic E-state index is 13.3. The second-order valence-electron chi connectivity index (χ2n) is 8.66. The molecule has 8 heteroatoms. The van der Waals surface area contributed by atoms with Gasteiger partial charge in [-0.1, -0.05) is 31.0 Å². The zero-order valence-corrected chi connectivity index (χ0v) is 21.1. The molecular formula is C26H34ClN3O4.